The predicted octanol–water partition coefficient (Wildman–Crippen LogP) is 0.815. The fourth-order valence-corrected chi connectivity index (χ4v) is 14.2. The molecule has 0 radical (unpaired) electrons. The molecule has 8 fully saturated rings. The van der Waals surface area contributed by atoms with E-state index in [1.165, 1.54) is 38.7 Å². The van der Waals surface area contributed by atoms with Gasteiger partial charge >= 0.3 is 0 Å². The number of piperidine rings is 1. The van der Waals surface area contributed by atoms with Crippen LogP contribution in [-0.4, -0.2) is 164 Å². The van der Waals surface area contributed by atoms with E-state index < -0.39 is 98.7 Å². The molecular formula is C45H73NO15. The van der Waals surface area contributed by atoms with Gasteiger partial charge in [0.2, 0.25) is 0 Å². The van der Waals surface area contributed by atoms with Gasteiger partial charge in [-0.05, 0) is 112 Å². The molecule has 4 aliphatic carbocycles. The van der Waals surface area contributed by atoms with E-state index in [1.807, 2.05) is 0 Å². The number of aliphatic hydroxyl groups excluding tert-OH is 8. The number of aliphatic hydroxyl groups is 8. The topological polar surface area (TPSA) is 238 Å². The Bertz CT molecular complexity index is 1600. The molecule has 16 nitrogen and oxygen atoms in total. The summed E-state index contributed by atoms with van der Waals surface area (Å²) in [6.45, 7) is 13.2. The Labute approximate surface area is 359 Å². The fraction of sp³-hybridized carbons (Fsp3) is 0.956. The Morgan fingerprint density at radius 3 is 1.98 bits per heavy atom. The van der Waals surface area contributed by atoms with Crippen LogP contribution in [0.3, 0.4) is 0 Å². The smallest absolute Gasteiger partial charge is 0.187 e. The van der Waals surface area contributed by atoms with Crippen LogP contribution in [0.1, 0.15) is 99.3 Å². The Balaban J connectivity index is 0.916. The third kappa shape index (κ3) is 7.42. The van der Waals surface area contributed by atoms with Gasteiger partial charge in [-0.25, -0.2) is 0 Å². The minimum absolute atomic E-state index is 0.00472. The number of hydrogen-bond acceptors (Lipinski definition) is 16. The van der Waals surface area contributed by atoms with Gasteiger partial charge in [0.15, 0.2) is 18.9 Å². The maximum atomic E-state index is 12.0. The number of hydrogen-bond donors (Lipinski definition) is 9. The molecule has 26 atom stereocenters. The lowest BCUT2D eigenvalue weighted by molar-refractivity contribution is -0.388. The van der Waals surface area contributed by atoms with E-state index in [2.05, 4.69) is 39.1 Å². The highest BCUT2D eigenvalue weighted by atomic mass is 16.8. The predicted molar refractivity (Wildman–Crippen MR) is 215 cm³/mol. The first kappa shape index (κ1) is 45.3. The summed E-state index contributed by atoms with van der Waals surface area (Å²) in [7, 11) is 0. The van der Waals surface area contributed by atoms with Crippen LogP contribution in [0.2, 0.25) is 0 Å². The molecule has 16 heteroatoms. The van der Waals surface area contributed by atoms with Crippen molar-refractivity contribution in [2.75, 3.05) is 13.2 Å². The Kier molecular flexibility index (Phi) is 12.4. The van der Waals surface area contributed by atoms with E-state index in [0.29, 0.717) is 54.5 Å². The Morgan fingerprint density at radius 1 is 0.705 bits per heavy atom. The van der Waals surface area contributed by atoms with Gasteiger partial charge in [-0.15, -0.1) is 0 Å². The van der Waals surface area contributed by atoms with Crippen LogP contribution in [0.25, 0.3) is 0 Å². The van der Waals surface area contributed by atoms with Gasteiger partial charge in [0, 0.05) is 12.5 Å². The molecule has 0 aromatic heterocycles. The fourth-order valence-electron chi connectivity index (χ4n) is 14.2. The van der Waals surface area contributed by atoms with Crippen LogP contribution < -0.4 is 5.32 Å². The Morgan fingerprint density at radius 2 is 1.36 bits per heavy atom. The highest BCUT2D eigenvalue weighted by Gasteiger charge is 2.68. The summed E-state index contributed by atoms with van der Waals surface area (Å²) in [6, 6.07) is 0. The number of allylic oxidation sites excluding steroid dienone is 1. The van der Waals surface area contributed by atoms with Crippen molar-refractivity contribution in [2.24, 2.45) is 46.3 Å². The molecule has 9 aliphatic rings. The van der Waals surface area contributed by atoms with Crippen molar-refractivity contribution in [3.63, 3.8) is 0 Å². The molecule has 348 valence electrons. The molecule has 2 unspecified atom stereocenters. The lowest BCUT2D eigenvalue weighted by atomic mass is 9.47. The molecular weight excluding hydrogens is 794 g/mol. The molecule has 0 bridgehead atoms. The van der Waals surface area contributed by atoms with Crippen LogP contribution in [0, 0.1) is 46.3 Å². The number of fused-ring (bicyclic) bond motifs is 7. The Hall–Kier alpha value is -0.900. The van der Waals surface area contributed by atoms with Gasteiger partial charge in [0.1, 0.15) is 66.8 Å². The van der Waals surface area contributed by atoms with Gasteiger partial charge < -0.3 is 74.0 Å². The second-order valence-electron chi connectivity index (χ2n) is 21.2. The zero-order valence-electron chi connectivity index (χ0n) is 36.6. The first-order valence-electron chi connectivity index (χ1n) is 23.3. The third-order valence-corrected chi connectivity index (χ3v) is 17.9. The standard InChI is InChI=1S/C45H73NO15/c1-19-9-14-45(46-17-19)20(2)30-28(61-45)16-27-25-8-7-23-15-24(10-12-43(23,5)26(25)11-13-44(27,30)6)57-42-39(60-41-36(53)34(51)32(49)22(4)56-41)37(54)38(29(18-47)58-42)59-40-35(52)33(50)31(48)21(3)55-40/h7,19-22,24-42,46-54H,8-18H2,1-6H3/t19-,20+,21+,22+,24+,25-,26+,27+,28+,29-,30+,31+,32+,33-,34-,35-,36-,37+,38-,39-,40?,41+,42?,43+,44+,45-/m1/s1. The molecule has 5 aliphatic heterocycles. The van der Waals surface area contributed by atoms with Crippen molar-refractivity contribution < 1.29 is 74.0 Å². The maximum absolute atomic E-state index is 12.0. The first-order chi connectivity index (χ1) is 28.9. The first-order valence-corrected chi connectivity index (χ1v) is 23.3. The molecule has 1 spiro atoms. The van der Waals surface area contributed by atoms with E-state index in [1.54, 1.807) is 0 Å². The molecule has 0 amide bonds. The SMILES string of the molecule is C[C@@H]1CC[C@@]2(NC1)O[C@H]1C[C@H]3[C@@H]4CC=C5C[C@@H](OC6O[C@H](CO)[C@@H](OC7O[C@@H](C)[C@H](O)[C@@H](O)[C@H]7O)[C@H](O)[C@H]6O[C@@H]6O[C@@H](C)[C@H](O)[C@@H](O)[C@H]6O)CC[C@]5(C)[C@H]4CC[C@]3(C)[C@H]1[C@@H]2C. The summed E-state index contributed by atoms with van der Waals surface area (Å²) in [4.78, 5) is 0. The molecule has 3 saturated carbocycles. The molecule has 61 heavy (non-hydrogen) atoms. The number of rotatable bonds is 7. The van der Waals surface area contributed by atoms with Gasteiger partial charge in [0.25, 0.3) is 0 Å². The van der Waals surface area contributed by atoms with Crippen molar-refractivity contribution in [1.82, 2.24) is 5.32 Å². The van der Waals surface area contributed by atoms with Gasteiger partial charge in [-0.1, -0.05) is 39.3 Å². The number of ether oxygens (including phenoxy) is 7. The molecule has 9 rings (SSSR count). The summed E-state index contributed by atoms with van der Waals surface area (Å²) >= 11 is 0. The van der Waals surface area contributed by atoms with E-state index in [4.69, 9.17) is 33.2 Å². The van der Waals surface area contributed by atoms with E-state index in [0.717, 1.165) is 32.2 Å². The van der Waals surface area contributed by atoms with Crippen LogP contribution >= 0.6 is 0 Å². The average Bonchev–Trinajstić information content (AvgIpc) is 3.69. The maximum Gasteiger partial charge on any atom is 0.187 e. The van der Waals surface area contributed by atoms with Crippen LogP contribution in [0.15, 0.2) is 11.6 Å². The van der Waals surface area contributed by atoms with Crippen LogP contribution in [0.4, 0.5) is 0 Å². The van der Waals surface area contributed by atoms with Crippen molar-refractivity contribution in [3.8, 4) is 0 Å². The highest BCUT2D eigenvalue weighted by molar-refractivity contribution is 5.26. The monoisotopic (exact) mass is 867 g/mol. The minimum Gasteiger partial charge on any atom is -0.394 e. The number of nitrogens with one attached hydrogen (secondary N) is 1. The van der Waals surface area contributed by atoms with Gasteiger partial charge in [-0.3, -0.25) is 5.32 Å². The van der Waals surface area contributed by atoms with Crippen molar-refractivity contribution in [3.05, 3.63) is 11.6 Å². The summed E-state index contributed by atoms with van der Waals surface area (Å²) in [6.07, 6.45) is -9.93. The highest BCUT2D eigenvalue weighted by Crippen LogP contribution is 2.70. The summed E-state index contributed by atoms with van der Waals surface area (Å²) in [5.41, 5.74) is 1.41. The van der Waals surface area contributed by atoms with E-state index in [-0.39, 0.29) is 22.7 Å². The quantitative estimate of drug-likeness (QED) is 0.161. The molecule has 5 heterocycles. The summed E-state index contributed by atoms with van der Waals surface area (Å²) < 4.78 is 43.7. The molecule has 0 aromatic carbocycles. The summed E-state index contributed by atoms with van der Waals surface area (Å²) in [5, 5.41) is 89.8. The van der Waals surface area contributed by atoms with Gasteiger partial charge in [-0.2, -0.15) is 0 Å². The van der Waals surface area contributed by atoms with Crippen LogP contribution in [-0.2, 0) is 33.2 Å². The van der Waals surface area contributed by atoms with Crippen molar-refractivity contribution in [2.45, 2.75) is 209 Å². The lowest BCUT2D eigenvalue weighted by Gasteiger charge is -2.59. The zero-order chi connectivity index (χ0) is 43.5. The van der Waals surface area contributed by atoms with Crippen molar-refractivity contribution >= 4 is 0 Å². The normalized spacial score (nSPS) is 58.4. The molecule has 0 aromatic rings. The average molecular weight is 868 g/mol. The van der Waals surface area contributed by atoms with Crippen molar-refractivity contribution in [1.29, 1.82) is 0 Å². The van der Waals surface area contributed by atoms with Crippen LogP contribution in [0.5, 0.6) is 0 Å². The second kappa shape index (κ2) is 16.8. The lowest BCUT2D eigenvalue weighted by Crippen LogP contribution is -2.66. The van der Waals surface area contributed by atoms with Gasteiger partial charge in [0.05, 0.1) is 31.0 Å². The second-order valence-corrected chi connectivity index (χ2v) is 21.2. The molecule has 9 N–H and O–H groups in total. The molecule has 5 saturated heterocycles. The minimum atomic E-state index is -1.70. The van der Waals surface area contributed by atoms with E-state index >= 15 is 0 Å². The van der Waals surface area contributed by atoms with E-state index in [9.17, 15) is 40.9 Å². The summed E-state index contributed by atoms with van der Waals surface area (Å²) in [5.74, 6) is 3.43. The zero-order valence-corrected chi connectivity index (χ0v) is 36.6. The third-order valence-electron chi connectivity index (χ3n) is 17.9. The largest absolute Gasteiger partial charge is 0.394 e.